The van der Waals surface area contributed by atoms with Crippen LogP contribution < -0.4 is 4.74 Å². The van der Waals surface area contributed by atoms with Crippen LogP contribution in [0.4, 0.5) is 0 Å². The normalized spacial score (nSPS) is 16.8. The van der Waals surface area contributed by atoms with Crippen LogP contribution in [0.15, 0.2) is 36.4 Å². The van der Waals surface area contributed by atoms with Gasteiger partial charge in [-0.3, -0.25) is 9.89 Å². The van der Waals surface area contributed by atoms with Crippen molar-refractivity contribution in [3.8, 4) is 5.75 Å². The molecule has 0 unspecified atom stereocenters. The summed E-state index contributed by atoms with van der Waals surface area (Å²) in [6.07, 6.45) is 2.97. The van der Waals surface area contributed by atoms with E-state index in [0.717, 1.165) is 37.3 Å². The molecular formula is C19H25N3O3. The highest BCUT2D eigenvalue weighted by molar-refractivity contribution is 5.92. The molecule has 1 aromatic heterocycles. The first-order valence-electron chi connectivity index (χ1n) is 8.89. The van der Waals surface area contributed by atoms with Gasteiger partial charge in [-0.1, -0.05) is 25.1 Å². The summed E-state index contributed by atoms with van der Waals surface area (Å²) in [6.45, 7) is 4.32. The highest BCUT2D eigenvalue weighted by atomic mass is 16.5. The number of hydrogen-bond donors (Lipinski definition) is 1. The van der Waals surface area contributed by atoms with Crippen LogP contribution in [-0.4, -0.2) is 53.4 Å². The van der Waals surface area contributed by atoms with E-state index in [-0.39, 0.29) is 12.0 Å². The number of nitrogens with one attached hydrogen (secondary N) is 1. The Balaban J connectivity index is 1.62. The van der Waals surface area contributed by atoms with Gasteiger partial charge in [0.1, 0.15) is 18.1 Å². The maximum absolute atomic E-state index is 12.8. The summed E-state index contributed by atoms with van der Waals surface area (Å²) >= 11 is 0. The molecular weight excluding hydrogens is 318 g/mol. The topological polar surface area (TPSA) is 67.5 Å². The molecule has 1 fully saturated rings. The van der Waals surface area contributed by atoms with Gasteiger partial charge >= 0.3 is 0 Å². The Kier molecular flexibility index (Phi) is 6.06. The second-order valence-electron chi connectivity index (χ2n) is 6.18. The molecule has 0 aliphatic carbocycles. The fourth-order valence-corrected chi connectivity index (χ4v) is 2.91. The molecule has 3 rings (SSSR count). The molecule has 2 heterocycles. The van der Waals surface area contributed by atoms with Crippen molar-refractivity contribution in [1.82, 2.24) is 15.1 Å². The minimum Gasteiger partial charge on any atom is -0.492 e. The average Bonchev–Trinajstić information content (AvgIpc) is 3.33. The van der Waals surface area contributed by atoms with E-state index in [2.05, 4.69) is 10.2 Å². The zero-order valence-corrected chi connectivity index (χ0v) is 14.6. The monoisotopic (exact) mass is 343 g/mol. The van der Waals surface area contributed by atoms with Gasteiger partial charge < -0.3 is 14.4 Å². The third-order valence-corrected chi connectivity index (χ3v) is 4.34. The van der Waals surface area contributed by atoms with Gasteiger partial charge in [0, 0.05) is 18.8 Å². The average molecular weight is 343 g/mol. The summed E-state index contributed by atoms with van der Waals surface area (Å²) in [5.74, 6) is 0.725. The van der Waals surface area contributed by atoms with Gasteiger partial charge in [-0.05, 0) is 37.5 Å². The number of rotatable bonds is 8. The first kappa shape index (κ1) is 17.5. The number of hydrogen-bond acceptors (Lipinski definition) is 4. The van der Waals surface area contributed by atoms with Gasteiger partial charge in [0.25, 0.3) is 5.91 Å². The molecule has 0 spiro atoms. The molecule has 134 valence electrons. The molecule has 6 heteroatoms. The fraction of sp³-hybridized carbons (Fsp3) is 0.474. The first-order chi connectivity index (χ1) is 12.3. The molecule has 1 N–H and O–H groups in total. The molecule has 2 aromatic rings. The lowest BCUT2D eigenvalue weighted by Crippen LogP contribution is -2.40. The molecule has 1 aliphatic heterocycles. The summed E-state index contributed by atoms with van der Waals surface area (Å²) in [4.78, 5) is 14.6. The van der Waals surface area contributed by atoms with E-state index >= 15 is 0 Å². The highest BCUT2D eigenvalue weighted by Crippen LogP contribution is 2.15. The molecule has 1 aromatic carbocycles. The number of para-hydroxylation sites is 1. The number of aromatic amines is 1. The van der Waals surface area contributed by atoms with E-state index in [0.29, 0.717) is 25.4 Å². The third-order valence-electron chi connectivity index (χ3n) is 4.34. The van der Waals surface area contributed by atoms with Crippen LogP contribution in [0, 0.1) is 0 Å². The lowest BCUT2D eigenvalue weighted by atomic mass is 10.2. The molecule has 1 atom stereocenters. The van der Waals surface area contributed by atoms with Gasteiger partial charge in [0.2, 0.25) is 0 Å². The number of nitrogens with zero attached hydrogens (tertiary/aromatic N) is 2. The minimum atomic E-state index is -0.0805. The summed E-state index contributed by atoms with van der Waals surface area (Å²) in [5, 5.41) is 7.06. The number of aromatic nitrogens is 2. The largest absolute Gasteiger partial charge is 0.492 e. The number of H-pyrrole nitrogens is 1. The second-order valence-corrected chi connectivity index (χ2v) is 6.18. The molecule has 25 heavy (non-hydrogen) atoms. The smallest absolute Gasteiger partial charge is 0.274 e. The molecule has 0 saturated carbocycles. The number of carbonyl (C=O) groups is 1. The Morgan fingerprint density at radius 3 is 2.92 bits per heavy atom. The zero-order valence-electron chi connectivity index (χ0n) is 14.6. The predicted octanol–water partition coefficient (Wildman–Crippen LogP) is 2.67. The SMILES string of the molecule is CCc1cc(C(=O)N(CCOc2ccccc2)C[C@H]2CCCO2)n[nH]1. The van der Waals surface area contributed by atoms with Crippen molar-refractivity contribution in [3.05, 3.63) is 47.8 Å². The van der Waals surface area contributed by atoms with Crippen LogP contribution in [0.2, 0.25) is 0 Å². The van der Waals surface area contributed by atoms with Crippen LogP contribution >= 0.6 is 0 Å². The Hall–Kier alpha value is -2.34. The predicted molar refractivity (Wildman–Crippen MR) is 94.8 cm³/mol. The first-order valence-corrected chi connectivity index (χ1v) is 8.89. The molecule has 6 nitrogen and oxygen atoms in total. The van der Waals surface area contributed by atoms with Crippen LogP contribution in [0.25, 0.3) is 0 Å². The van der Waals surface area contributed by atoms with Crippen molar-refractivity contribution in [2.24, 2.45) is 0 Å². The number of aryl methyl sites for hydroxylation is 1. The summed E-state index contributed by atoms with van der Waals surface area (Å²) in [7, 11) is 0. The van der Waals surface area contributed by atoms with E-state index in [1.54, 1.807) is 4.90 Å². The Bertz CT molecular complexity index is 666. The van der Waals surface area contributed by atoms with Gasteiger partial charge in [-0.2, -0.15) is 5.10 Å². The number of ether oxygens (including phenoxy) is 2. The van der Waals surface area contributed by atoms with E-state index < -0.39 is 0 Å². The van der Waals surface area contributed by atoms with Gasteiger partial charge in [0.05, 0.1) is 12.6 Å². The summed E-state index contributed by atoms with van der Waals surface area (Å²) in [6, 6.07) is 11.5. The number of benzene rings is 1. The lowest BCUT2D eigenvalue weighted by Gasteiger charge is -2.24. The number of amides is 1. The van der Waals surface area contributed by atoms with E-state index in [1.807, 2.05) is 43.3 Å². The zero-order chi connectivity index (χ0) is 17.5. The minimum absolute atomic E-state index is 0.0805. The van der Waals surface area contributed by atoms with Crippen molar-refractivity contribution < 1.29 is 14.3 Å². The Morgan fingerprint density at radius 1 is 1.40 bits per heavy atom. The number of carbonyl (C=O) groups excluding carboxylic acids is 1. The fourth-order valence-electron chi connectivity index (χ4n) is 2.91. The van der Waals surface area contributed by atoms with Crippen LogP contribution in [0.1, 0.15) is 35.9 Å². The standard InChI is InChI=1S/C19H25N3O3/c1-2-15-13-18(21-20-15)19(23)22(14-17-9-6-11-24-17)10-12-25-16-7-4-3-5-8-16/h3-5,7-8,13,17H,2,6,9-12,14H2,1H3,(H,20,21)/t17-/m1/s1. The van der Waals surface area contributed by atoms with Crippen molar-refractivity contribution in [2.45, 2.75) is 32.3 Å². The lowest BCUT2D eigenvalue weighted by molar-refractivity contribution is 0.0489. The molecule has 0 bridgehead atoms. The van der Waals surface area contributed by atoms with Gasteiger partial charge in [-0.25, -0.2) is 0 Å². The molecule has 1 aliphatic rings. The quantitative estimate of drug-likeness (QED) is 0.800. The van der Waals surface area contributed by atoms with Crippen molar-refractivity contribution >= 4 is 5.91 Å². The van der Waals surface area contributed by atoms with E-state index in [9.17, 15) is 4.79 Å². The van der Waals surface area contributed by atoms with Gasteiger partial charge in [0.15, 0.2) is 0 Å². The third kappa shape index (κ3) is 4.82. The van der Waals surface area contributed by atoms with Gasteiger partial charge in [-0.15, -0.1) is 0 Å². The highest BCUT2D eigenvalue weighted by Gasteiger charge is 2.24. The van der Waals surface area contributed by atoms with E-state index in [1.165, 1.54) is 0 Å². The Labute approximate surface area is 148 Å². The molecule has 0 radical (unpaired) electrons. The van der Waals surface area contributed by atoms with Crippen molar-refractivity contribution in [1.29, 1.82) is 0 Å². The maximum Gasteiger partial charge on any atom is 0.274 e. The van der Waals surface area contributed by atoms with Crippen molar-refractivity contribution in [3.63, 3.8) is 0 Å². The van der Waals surface area contributed by atoms with Crippen LogP contribution in [0.3, 0.4) is 0 Å². The Morgan fingerprint density at radius 2 is 2.24 bits per heavy atom. The van der Waals surface area contributed by atoms with Crippen LogP contribution in [0.5, 0.6) is 5.75 Å². The summed E-state index contributed by atoms with van der Waals surface area (Å²) in [5.41, 5.74) is 1.41. The maximum atomic E-state index is 12.8. The second kappa shape index (κ2) is 8.67. The van der Waals surface area contributed by atoms with E-state index in [4.69, 9.17) is 9.47 Å². The van der Waals surface area contributed by atoms with Crippen LogP contribution in [-0.2, 0) is 11.2 Å². The van der Waals surface area contributed by atoms with Crippen molar-refractivity contribution in [2.75, 3.05) is 26.3 Å². The molecule has 1 amide bonds. The molecule has 1 saturated heterocycles. The summed E-state index contributed by atoms with van der Waals surface area (Å²) < 4.78 is 11.4.